The SMILES string of the molecule is CCN(Cc1cccc2c1OCCO2)C(=O)c1ccc(Cl)c(S(=O)(=O)N(C)OC)c1. The predicted molar refractivity (Wildman–Crippen MR) is 111 cm³/mol. The van der Waals surface area contributed by atoms with Gasteiger partial charge in [-0.05, 0) is 31.2 Å². The van der Waals surface area contributed by atoms with Crippen LogP contribution in [-0.2, 0) is 21.4 Å². The van der Waals surface area contributed by atoms with E-state index in [0.29, 0.717) is 35.7 Å². The van der Waals surface area contributed by atoms with E-state index in [9.17, 15) is 13.2 Å². The highest BCUT2D eigenvalue weighted by atomic mass is 35.5. The average molecular weight is 455 g/mol. The zero-order valence-corrected chi connectivity index (χ0v) is 18.5. The summed E-state index contributed by atoms with van der Waals surface area (Å²) in [6.07, 6.45) is 0. The topological polar surface area (TPSA) is 85.4 Å². The van der Waals surface area contributed by atoms with Crippen LogP contribution >= 0.6 is 11.6 Å². The Hall–Kier alpha value is -2.33. The summed E-state index contributed by atoms with van der Waals surface area (Å²) in [6.45, 7) is 3.45. The molecule has 10 heteroatoms. The van der Waals surface area contributed by atoms with E-state index in [0.717, 1.165) is 5.56 Å². The zero-order chi connectivity index (χ0) is 21.9. The van der Waals surface area contributed by atoms with Crippen LogP contribution in [0.15, 0.2) is 41.3 Å². The smallest absolute Gasteiger partial charge is 0.266 e. The van der Waals surface area contributed by atoms with Gasteiger partial charge in [-0.25, -0.2) is 8.42 Å². The predicted octanol–water partition coefficient (Wildman–Crippen LogP) is 2.96. The Balaban J connectivity index is 1.91. The van der Waals surface area contributed by atoms with Gasteiger partial charge in [-0.3, -0.25) is 9.63 Å². The average Bonchev–Trinajstić information content (AvgIpc) is 2.76. The lowest BCUT2D eigenvalue weighted by Gasteiger charge is -2.25. The molecule has 1 aliphatic heterocycles. The second-order valence-electron chi connectivity index (χ2n) is 6.50. The van der Waals surface area contributed by atoms with E-state index in [2.05, 4.69) is 0 Å². The number of sulfonamides is 1. The molecule has 0 fully saturated rings. The highest BCUT2D eigenvalue weighted by Crippen LogP contribution is 2.34. The van der Waals surface area contributed by atoms with Crippen LogP contribution in [-0.4, -0.2) is 57.6 Å². The molecule has 0 spiro atoms. The summed E-state index contributed by atoms with van der Waals surface area (Å²) < 4.78 is 37.2. The number of nitrogens with zero attached hydrogens (tertiary/aromatic N) is 2. The minimum atomic E-state index is -4.01. The van der Waals surface area contributed by atoms with Gasteiger partial charge in [-0.2, -0.15) is 0 Å². The van der Waals surface area contributed by atoms with Crippen LogP contribution < -0.4 is 9.47 Å². The van der Waals surface area contributed by atoms with E-state index in [-0.39, 0.29) is 27.9 Å². The molecule has 2 aromatic carbocycles. The molecular formula is C20H23ClN2O6S. The third-order valence-electron chi connectivity index (χ3n) is 4.73. The monoisotopic (exact) mass is 454 g/mol. The van der Waals surface area contributed by atoms with E-state index in [1.54, 1.807) is 4.90 Å². The molecule has 0 aliphatic carbocycles. The lowest BCUT2D eigenvalue weighted by atomic mass is 10.1. The molecule has 30 heavy (non-hydrogen) atoms. The molecule has 0 atom stereocenters. The number of halogens is 1. The number of benzene rings is 2. The molecule has 0 saturated heterocycles. The molecule has 0 saturated carbocycles. The summed E-state index contributed by atoms with van der Waals surface area (Å²) in [5, 5.41) is 0.00109. The van der Waals surface area contributed by atoms with Gasteiger partial charge in [0.25, 0.3) is 15.9 Å². The van der Waals surface area contributed by atoms with Crippen LogP contribution in [0.1, 0.15) is 22.8 Å². The number of hydrogen-bond donors (Lipinski definition) is 0. The Morgan fingerprint density at radius 1 is 1.20 bits per heavy atom. The van der Waals surface area contributed by atoms with Crippen molar-refractivity contribution in [2.45, 2.75) is 18.4 Å². The second-order valence-corrected chi connectivity index (χ2v) is 8.81. The lowest BCUT2D eigenvalue weighted by Crippen LogP contribution is -2.31. The van der Waals surface area contributed by atoms with Gasteiger partial charge in [-0.15, -0.1) is 0 Å². The van der Waals surface area contributed by atoms with Crippen molar-refractivity contribution in [3.05, 3.63) is 52.5 Å². The van der Waals surface area contributed by atoms with Crippen LogP contribution in [0.2, 0.25) is 5.02 Å². The first-order chi connectivity index (χ1) is 14.3. The zero-order valence-electron chi connectivity index (χ0n) is 16.9. The number of fused-ring (bicyclic) bond motifs is 1. The van der Waals surface area contributed by atoms with Crippen molar-refractivity contribution in [2.75, 3.05) is 33.9 Å². The van der Waals surface area contributed by atoms with Crippen LogP contribution in [0.5, 0.6) is 11.5 Å². The van der Waals surface area contributed by atoms with Crippen molar-refractivity contribution in [1.82, 2.24) is 9.37 Å². The van der Waals surface area contributed by atoms with Crippen molar-refractivity contribution in [3.63, 3.8) is 0 Å². The van der Waals surface area contributed by atoms with Gasteiger partial charge < -0.3 is 14.4 Å². The van der Waals surface area contributed by atoms with Crippen LogP contribution in [0.25, 0.3) is 0 Å². The molecular weight excluding hydrogens is 432 g/mol. The quantitative estimate of drug-likeness (QED) is 0.598. The molecule has 0 radical (unpaired) electrons. The van der Waals surface area contributed by atoms with Crippen LogP contribution in [0, 0.1) is 0 Å². The number of rotatable bonds is 7. The van der Waals surface area contributed by atoms with E-state index in [4.69, 9.17) is 25.9 Å². The number of carbonyl (C=O) groups excluding carboxylic acids is 1. The first kappa shape index (κ1) is 22.4. The maximum atomic E-state index is 13.1. The minimum Gasteiger partial charge on any atom is -0.486 e. The van der Waals surface area contributed by atoms with E-state index >= 15 is 0 Å². The van der Waals surface area contributed by atoms with E-state index in [1.807, 2.05) is 25.1 Å². The molecule has 1 heterocycles. The molecule has 1 amide bonds. The fourth-order valence-corrected chi connectivity index (χ4v) is 4.52. The van der Waals surface area contributed by atoms with Crippen molar-refractivity contribution in [1.29, 1.82) is 0 Å². The summed E-state index contributed by atoms with van der Waals surface area (Å²) in [6, 6.07) is 9.68. The Labute approximate surface area is 180 Å². The number of ether oxygens (including phenoxy) is 2. The van der Waals surface area contributed by atoms with Gasteiger partial charge in [-0.1, -0.05) is 28.2 Å². The number of hydrogen-bond acceptors (Lipinski definition) is 6. The summed E-state index contributed by atoms with van der Waals surface area (Å²) >= 11 is 6.09. The largest absolute Gasteiger partial charge is 0.486 e. The maximum Gasteiger partial charge on any atom is 0.266 e. The van der Waals surface area contributed by atoms with Gasteiger partial charge in [0.1, 0.15) is 18.1 Å². The highest BCUT2D eigenvalue weighted by Gasteiger charge is 2.27. The minimum absolute atomic E-state index is 0.00109. The first-order valence-electron chi connectivity index (χ1n) is 9.29. The summed E-state index contributed by atoms with van der Waals surface area (Å²) in [5.74, 6) is 0.931. The van der Waals surface area contributed by atoms with Crippen LogP contribution in [0.3, 0.4) is 0 Å². The molecule has 8 nitrogen and oxygen atoms in total. The highest BCUT2D eigenvalue weighted by molar-refractivity contribution is 7.89. The maximum absolute atomic E-state index is 13.1. The fraction of sp³-hybridized carbons (Fsp3) is 0.350. The van der Waals surface area contributed by atoms with Crippen molar-refractivity contribution >= 4 is 27.5 Å². The Bertz CT molecular complexity index is 1040. The number of hydroxylamine groups is 1. The van der Waals surface area contributed by atoms with Crippen molar-refractivity contribution in [3.8, 4) is 11.5 Å². The van der Waals surface area contributed by atoms with Crippen molar-refractivity contribution < 1.29 is 27.5 Å². The standard InChI is InChI=1S/C20H23ClN2O6S/c1-4-23(13-15-6-5-7-17-19(15)29-11-10-28-17)20(24)14-8-9-16(21)18(12-14)30(25,26)22(2)27-3/h5-9,12H,4,10-11,13H2,1-3H3. The molecule has 3 rings (SSSR count). The first-order valence-corrected chi connectivity index (χ1v) is 11.1. The molecule has 2 aromatic rings. The normalized spacial score (nSPS) is 13.4. The van der Waals surface area contributed by atoms with E-state index in [1.165, 1.54) is 32.4 Å². The van der Waals surface area contributed by atoms with Gasteiger partial charge in [0.05, 0.1) is 12.1 Å². The molecule has 0 unspecified atom stereocenters. The summed E-state index contributed by atoms with van der Waals surface area (Å²) in [4.78, 5) is 19.3. The summed E-state index contributed by atoms with van der Waals surface area (Å²) in [5.41, 5.74) is 1.01. The Morgan fingerprint density at radius 2 is 1.93 bits per heavy atom. The molecule has 0 N–H and O–H groups in total. The van der Waals surface area contributed by atoms with Gasteiger partial charge in [0, 0.05) is 31.3 Å². The third kappa shape index (κ3) is 4.39. The van der Waals surface area contributed by atoms with Gasteiger partial charge in [0.15, 0.2) is 11.5 Å². The van der Waals surface area contributed by atoms with Crippen LogP contribution in [0.4, 0.5) is 0 Å². The summed E-state index contributed by atoms with van der Waals surface area (Å²) in [7, 11) is -1.53. The Morgan fingerprint density at radius 3 is 2.63 bits per heavy atom. The third-order valence-corrected chi connectivity index (χ3v) is 6.89. The molecule has 0 aromatic heterocycles. The number of para-hydroxylation sites is 1. The van der Waals surface area contributed by atoms with E-state index < -0.39 is 10.0 Å². The van der Waals surface area contributed by atoms with Crippen molar-refractivity contribution in [2.24, 2.45) is 0 Å². The molecule has 1 aliphatic rings. The second kappa shape index (κ2) is 9.22. The lowest BCUT2D eigenvalue weighted by molar-refractivity contribution is -0.0258. The molecule has 162 valence electrons. The Kier molecular flexibility index (Phi) is 6.87. The van der Waals surface area contributed by atoms with Gasteiger partial charge in [0.2, 0.25) is 0 Å². The molecule has 0 bridgehead atoms. The fourth-order valence-electron chi connectivity index (χ4n) is 3.04. The van der Waals surface area contributed by atoms with Gasteiger partial charge >= 0.3 is 0 Å². The number of amides is 1. The number of carbonyl (C=O) groups is 1.